The molecule has 2 aromatic heterocycles. The predicted molar refractivity (Wildman–Crippen MR) is 111 cm³/mol. The molecule has 28 heavy (non-hydrogen) atoms. The van der Waals surface area contributed by atoms with E-state index in [4.69, 9.17) is 9.97 Å². The molecule has 0 fully saturated rings. The smallest absolute Gasteiger partial charge is 0.224 e. The molecule has 4 nitrogen and oxygen atoms in total. The van der Waals surface area contributed by atoms with Gasteiger partial charge in [0.25, 0.3) is 0 Å². The van der Waals surface area contributed by atoms with E-state index in [0.29, 0.717) is 11.3 Å². The van der Waals surface area contributed by atoms with Crippen molar-refractivity contribution in [1.29, 1.82) is 0 Å². The van der Waals surface area contributed by atoms with Crippen molar-refractivity contribution in [3.63, 3.8) is 0 Å². The van der Waals surface area contributed by atoms with E-state index in [9.17, 15) is 5.11 Å². The molecule has 0 amide bonds. The molecule has 0 bridgehead atoms. The Morgan fingerprint density at radius 3 is 1.64 bits per heavy atom. The molecule has 5 aromatic rings. The standard InChI is InChI=1S/C24H17N3O/c28-24-22(19-14-8-3-9-15-19)26-23-21(18-12-6-2-7-13-18)25-20(16-27(23)24)17-10-4-1-5-11-17/h1-16,28H. The van der Waals surface area contributed by atoms with Gasteiger partial charge in [0, 0.05) is 22.9 Å². The van der Waals surface area contributed by atoms with Crippen molar-refractivity contribution in [2.24, 2.45) is 0 Å². The summed E-state index contributed by atoms with van der Waals surface area (Å²) >= 11 is 0. The van der Waals surface area contributed by atoms with Crippen LogP contribution in [-0.2, 0) is 0 Å². The lowest BCUT2D eigenvalue weighted by molar-refractivity contribution is 0.450. The molecule has 134 valence electrons. The van der Waals surface area contributed by atoms with Crippen LogP contribution in [0.25, 0.3) is 39.4 Å². The summed E-state index contributed by atoms with van der Waals surface area (Å²) in [6.45, 7) is 0. The maximum Gasteiger partial charge on any atom is 0.224 e. The van der Waals surface area contributed by atoms with E-state index in [-0.39, 0.29) is 5.88 Å². The molecule has 0 saturated heterocycles. The van der Waals surface area contributed by atoms with E-state index in [1.54, 1.807) is 4.40 Å². The molecule has 0 spiro atoms. The largest absolute Gasteiger partial charge is 0.493 e. The minimum atomic E-state index is 0.109. The summed E-state index contributed by atoms with van der Waals surface area (Å²) in [5.74, 6) is 0.109. The van der Waals surface area contributed by atoms with Crippen LogP contribution in [0.15, 0.2) is 97.2 Å². The third-order valence-corrected chi connectivity index (χ3v) is 4.75. The highest BCUT2D eigenvalue weighted by Crippen LogP contribution is 2.34. The monoisotopic (exact) mass is 363 g/mol. The molecular formula is C24H17N3O. The average molecular weight is 363 g/mol. The zero-order valence-corrected chi connectivity index (χ0v) is 15.0. The van der Waals surface area contributed by atoms with Gasteiger partial charge in [0.1, 0.15) is 11.4 Å². The Kier molecular flexibility index (Phi) is 3.87. The van der Waals surface area contributed by atoms with Crippen molar-refractivity contribution in [2.45, 2.75) is 0 Å². The third kappa shape index (κ3) is 2.72. The summed E-state index contributed by atoms with van der Waals surface area (Å²) in [5, 5.41) is 11.0. The van der Waals surface area contributed by atoms with Gasteiger partial charge in [0.15, 0.2) is 5.65 Å². The zero-order valence-electron chi connectivity index (χ0n) is 15.0. The first-order valence-corrected chi connectivity index (χ1v) is 9.09. The highest BCUT2D eigenvalue weighted by atomic mass is 16.3. The number of aromatic nitrogens is 3. The van der Waals surface area contributed by atoms with E-state index in [0.717, 1.165) is 28.1 Å². The van der Waals surface area contributed by atoms with Gasteiger partial charge in [-0.15, -0.1) is 0 Å². The first-order valence-electron chi connectivity index (χ1n) is 9.09. The maximum absolute atomic E-state index is 11.0. The Labute approximate surface area is 162 Å². The lowest BCUT2D eigenvalue weighted by Crippen LogP contribution is -1.96. The minimum Gasteiger partial charge on any atom is -0.493 e. The highest BCUT2D eigenvalue weighted by Gasteiger charge is 2.19. The van der Waals surface area contributed by atoms with Crippen LogP contribution >= 0.6 is 0 Å². The third-order valence-electron chi connectivity index (χ3n) is 4.75. The van der Waals surface area contributed by atoms with E-state index >= 15 is 0 Å². The SMILES string of the molecule is Oc1c(-c2ccccc2)nc2c(-c3ccccc3)nc(-c3ccccc3)cn12. The van der Waals surface area contributed by atoms with Gasteiger partial charge in [-0.05, 0) is 0 Å². The fraction of sp³-hybridized carbons (Fsp3) is 0. The van der Waals surface area contributed by atoms with E-state index in [1.807, 2.05) is 97.2 Å². The molecule has 2 heterocycles. The minimum absolute atomic E-state index is 0.109. The molecule has 1 N–H and O–H groups in total. The summed E-state index contributed by atoms with van der Waals surface area (Å²) < 4.78 is 1.72. The number of benzene rings is 3. The quantitative estimate of drug-likeness (QED) is 0.465. The number of aromatic hydroxyl groups is 1. The van der Waals surface area contributed by atoms with Crippen LogP contribution in [0.1, 0.15) is 0 Å². The predicted octanol–water partition coefficient (Wildman–Crippen LogP) is 5.44. The van der Waals surface area contributed by atoms with Crippen LogP contribution in [0.3, 0.4) is 0 Å². The molecule has 0 aliphatic carbocycles. The van der Waals surface area contributed by atoms with Crippen LogP contribution in [0.5, 0.6) is 5.88 Å². The summed E-state index contributed by atoms with van der Waals surface area (Å²) in [5.41, 5.74) is 5.49. The van der Waals surface area contributed by atoms with Crippen LogP contribution in [-0.4, -0.2) is 19.5 Å². The van der Waals surface area contributed by atoms with E-state index < -0.39 is 0 Å². The molecule has 0 radical (unpaired) electrons. The van der Waals surface area contributed by atoms with Crippen molar-refractivity contribution >= 4 is 5.65 Å². The number of rotatable bonds is 3. The molecule has 0 aliphatic heterocycles. The number of nitrogens with zero attached hydrogens (tertiary/aromatic N) is 3. The van der Waals surface area contributed by atoms with Gasteiger partial charge < -0.3 is 5.11 Å². The zero-order chi connectivity index (χ0) is 18.9. The Hall–Kier alpha value is -3.92. The van der Waals surface area contributed by atoms with Gasteiger partial charge in [-0.3, -0.25) is 4.40 Å². The fourth-order valence-electron chi connectivity index (χ4n) is 3.36. The Morgan fingerprint density at radius 2 is 1.07 bits per heavy atom. The number of hydrogen-bond donors (Lipinski definition) is 1. The summed E-state index contributed by atoms with van der Waals surface area (Å²) in [7, 11) is 0. The van der Waals surface area contributed by atoms with Crippen molar-refractivity contribution in [2.75, 3.05) is 0 Å². The highest BCUT2D eigenvalue weighted by molar-refractivity contribution is 5.81. The van der Waals surface area contributed by atoms with Crippen LogP contribution in [0.2, 0.25) is 0 Å². The van der Waals surface area contributed by atoms with Crippen molar-refractivity contribution < 1.29 is 5.11 Å². The lowest BCUT2D eigenvalue weighted by atomic mass is 10.1. The van der Waals surface area contributed by atoms with Crippen molar-refractivity contribution in [3.05, 3.63) is 97.2 Å². The van der Waals surface area contributed by atoms with E-state index in [1.165, 1.54) is 0 Å². The molecule has 0 unspecified atom stereocenters. The van der Waals surface area contributed by atoms with Gasteiger partial charge in [0.2, 0.25) is 5.88 Å². The Bertz CT molecular complexity index is 1250. The summed E-state index contributed by atoms with van der Waals surface area (Å²) in [6.07, 6.45) is 1.84. The van der Waals surface area contributed by atoms with Gasteiger partial charge in [0.05, 0.1) is 5.69 Å². The van der Waals surface area contributed by atoms with Crippen LogP contribution in [0, 0.1) is 0 Å². The normalized spacial score (nSPS) is 11.0. The molecule has 4 heteroatoms. The number of imidazole rings is 1. The molecule has 0 saturated carbocycles. The number of fused-ring (bicyclic) bond motifs is 1. The second-order valence-electron chi connectivity index (χ2n) is 6.55. The van der Waals surface area contributed by atoms with Gasteiger partial charge in [-0.25, -0.2) is 9.97 Å². The molecular weight excluding hydrogens is 346 g/mol. The summed E-state index contributed by atoms with van der Waals surface area (Å²) in [6, 6.07) is 29.6. The number of hydrogen-bond acceptors (Lipinski definition) is 3. The van der Waals surface area contributed by atoms with Gasteiger partial charge >= 0.3 is 0 Å². The van der Waals surface area contributed by atoms with Crippen molar-refractivity contribution in [3.8, 4) is 39.7 Å². The molecule has 0 aliphatic rings. The lowest BCUT2D eigenvalue weighted by Gasteiger charge is -2.08. The fourth-order valence-corrected chi connectivity index (χ4v) is 3.36. The molecule has 0 atom stereocenters. The van der Waals surface area contributed by atoms with Gasteiger partial charge in [-0.1, -0.05) is 91.0 Å². The van der Waals surface area contributed by atoms with Crippen LogP contribution in [0.4, 0.5) is 0 Å². The summed E-state index contributed by atoms with van der Waals surface area (Å²) in [4.78, 5) is 9.64. The first kappa shape index (κ1) is 16.3. The first-order chi connectivity index (χ1) is 13.8. The van der Waals surface area contributed by atoms with Gasteiger partial charge in [-0.2, -0.15) is 0 Å². The Morgan fingerprint density at radius 1 is 0.571 bits per heavy atom. The maximum atomic E-state index is 11.0. The van der Waals surface area contributed by atoms with Crippen LogP contribution < -0.4 is 0 Å². The second kappa shape index (κ2) is 6.67. The second-order valence-corrected chi connectivity index (χ2v) is 6.55. The molecule has 5 rings (SSSR count). The average Bonchev–Trinajstić information content (AvgIpc) is 3.11. The van der Waals surface area contributed by atoms with E-state index in [2.05, 4.69) is 0 Å². The molecule has 3 aromatic carbocycles. The Balaban J connectivity index is 1.83. The van der Waals surface area contributed by atoms with Crippen molar-refractivity contribution in [1.82, 2.24) is 14.4 Å². The topological polar surface area (TPSA) is 50.4 Å².